The number of urea groups is 1. The van der Waals surface area contributed by atoms with Crippen molar-refractivity contribution in [1.82, 2.24) is 30.4 Å². The number of aromatic nitrogens is 4. The van der Waals surface area contributed by atoms with E-state index >= 15 is 0 Å². The molecule has 0 spiro atoms. The molecule has 116 valence electrons. The number of ether oxygens (including phenoxy) is 1. The SMILES string of the molecule is CC(NC(=O)N1CC(C)(C)[C@@H]2COC[C@@H]21)c1nnnn1C. The van der Waals surface area contributed by atoms with Gasteiger partial charge in [0.1, 0.15) is 0 Å². The van der Waals surface area contributed by atoms with Gasteiger partial charge in [-0.05, 0) is 22.8 Å². The van der Waals surface area contributed by atoms with Crippen LogP contribution < -0.4 is 5.32 Å². The van der Waals surface area contributed by atoms with Crippen LogP contribution in [0.3, 0.4) is 0 Å². The summed E-state index contributed by atoms with van der Waals surface area (Å²) >= 11 is 0. The Morgan fingerprint density at radius 3 is 2.90 bits per heavy atom. The second-order valence-corrected chi connectivity index (χ2v) is 6.66. The van der Waals surface area contributed by atoms with Crippen molar-refractivity contribution in [2.24, 2.45) is 18.4 Å². The van der Waals surface area contributed by atoms with Crippen molar-refractivity contribution in [2.45, 2.75) is 32.9 Å². The van der Waals surface area contributed by atoms with E-state index in [2.05, 4.69) is 34.7 Å². The molecule has 8 nitrogen and oxygen atoms in total. The molecule has 3 atom stereocenters. The van der Waals surface area contributed by atoms with Crippen LogP contribution in [0.25, 0.3) is 0 Å². The first-order valence-electron chi connectivity index (χ1n) is 7.27. The molecule has 3 rings (SSSR count). The number of carbonyl (C=O) groups excluding carboxylic acids is 1. The lowest BCUT2D eigenvalue weighted by Crippen LogP contribution is -2.45. The van der Waals surface area contributed by atoms with Gasteiger partial charge in [0.05, 0.1) is 25.3 Å². The molecule has 0 aliphatic carbocycles. The summed E-state index contributed by atoms with van der Waals surface area (Å²) in [6, 6.07) is -0.136. The molecule has 0 bridgehead atoms. The Labute approximate surface area is 123 Å². The van der Waals surface area contributed by atoms with Crippen LogP contribution in [0.4, 0.5) is 4.79 Å². The monoisotopic (exact) mass is 294 g/mol. The van der Waals surface area contributed by atoms with E-state index in [1.165, 1.54) is 0 Å². The molecule has 0 saturated carbocycles. The lowest BCUT2D eigenvalue weighted by molar-refractivity contribution is 0.124. The van der Waals surface area contributed by atoms with Crippen molar-refractivity contribution in [2.75, 3.05) is 19.8 Å². The van der Waals surface area contributed by atoms with Gasteiger partial charge in [0.2, 0.25) is 0 Å². The zero-order valence-corrected chi connectivity index (χ0v) is 12.9. The second kappa shape index (κ2) is 4.94. The van der Waals surface area contributed by atoms with Gasteiger partial charge in [0.15, 0.2) is 5.82 Å². The van der Waals surface area contributed by atoms with Crippen molar-refractivity contribution in [3.63, 3.8) is 0 Å². The van der Waals surface area contributed by atoms with Crippen molar-refractivity contribution < 1.29 is 9.53 Å². The quantitative estimate of drug-likeness (QED) is 0.850. The van der Waals surface area contributed by atoms with E-state index < -0.39 is 0 Å². The summed E-state index contributed by atoms with van der Waals surface area (Å²) in [5.41, 5.74) is 0.0913. The Kier molecular flexibility index (Phi) is 3.35. The van der Waals surface area contributed by atoms with Crippen LogP contribution in [0.1, 0.15) is 32.6 Å². The number of hydrogen-bond donors (Lipinski definition) is 1. The largest absolute Gasteiger partial charge is 0.379 e. The zero-order valence-electron chi connectivity index (χ0n) is 12.9. The summed E-state index contributed by atoms with van der Waals surface area (Å²) < 4.78 is 7.14. The van der Waals surface area contributed by atoms with Gasteiger partial charge in [-0.25, -0.2) is 9.48 Å². The summed E-state index contributed by atoms with van der Waals surface area (Å²) in [4.78, 5) is 14.5. The highest BCUT2D eigenvalue weighted by molar-refractivity contribution is 5.75. The Balaban J connectivity index is 1.70. The van der Waals surface area contributed by atoms with Crippen molar-refractivity contribution in [1.29, 1.82) is 0 Å². The van der Waals surface area contributed by atoms with E-state index in [-0.39, 0.29) is 23.5 Å². The molecule has 21 heavy (non-hydrogen) atoms. The molecule has 0 aromatic carbocycles. The molecule has 0 radical (unpaired) electrons. The number of hydrogen-bond acceptors (Lipinski definition) is 5. The van der Waals surface area contributed by atoms with Gasteiger partial charge in [-0.3, -0.25) is 0 Å². The minimum atomic E-state index is -0.234. The summed E-state index contributed by atoms with van der Waals surface area (Å²) in [5, 5.41) is 14.3. The summed E-state index contributed by atoms with van der Waals surface area (Å²) in [6.07, 6.45) is 0. The fourth-order valence-electron chi connectivity index (χ4n) is 3.43. The maximum Gasteiger partial charge on any atom is 0.318 e. The minimum absolute atomic E-state index is 0.0726. The van der Waals surface area contributed by atoms with Crippen LogP contribution in [0.5, 0.6) is 0 Å². The number of carbonyl (C=O) groups is 1. The van der Waals surface area contributed by atoms with E-state index in [0.29, 0.717) is 18.3 Å². The van der Waals surface area contributed by atoms with Crippen LogP contribution in [0, 0.1) is 11.3 Å². The van der Waals surface area contributed by atoms with Gasteiger partial charge in [-0.1, -0.05) is 13.8 Å². The number of fused-ring (bicyclic) bond motifs is 1. The number of tetrazole rings is 1. The molecule has 8 heteroatoms. The molecule has 3 heterocycles. The normalized spacial score (nSPS) is 28.5. The standard InChI is InChI=1S/C13H22N6O2/c1-8(11-15-16-17-18(11)4)14-12(20)19-7-13(2,3)9-5-21-6-10(9)19/h8-10H,5-7H2,1-4H3,(H,14,20)/t8?,9-,10+/m1/s1. The van der Waals surface area contributed by atoms with Crippen LogP contribution in [0.2, 0.25) is 0 Å². The van der Waals surface area contributed by atoms with Gasteiger partial charge in [-0.15, -0.1) is 5.10 Å². The number of amides is 2. The average molecular weight is 294 g/mol. The molecule has 1 N–H and O–H groups in total. The van der Waals surface area contributed by atoms with Gasteiger partial charge >= 0.3 is 6.03 Å². The van der Waals surface area contributed by atoms with Gasteiger partial charge < -0.3 is 15.0 Å². The second-order valence-electron chi connectivity index (χ2n) is 6.66. The average Bonchev–Trinajstić information content (AvgIpc) is 3.07. The first kappa shape index (κ1) is 14.2. The molecule has 1 unspecified atom stereocenters. The number of nitrogens with zero attached hydrogens (tertiary/aromatic N) is 5. The first-order valence-corrected chi connectivity index (χ1v) is 7.27. The topological polar surface area (TPSA) is 85.2 Å². The van der Waals surface area contributed by atoms with E-state index in [9.17, 15) is 4.79 Å². The molecular weight excluding hydrogens is 272 g/mol. The Bertz CT molecular complexity index is 543. The predicted octanol–water partition coefficient (Wildman–Crippen LogP) is 0.337. The van der Waals surface area contributed by atoms with Crippen molar-refractivity contribution >= 4 is 6.03 Å². The highest BCUT2D eigenvalue weighted by Crippen LogP contribution is 2.43. The van der Waals surface area contributed by atoms with Crippen molar-refractivity contribution in [3.8, 4) is 0 Å². The fourth-order valence-corrected chi connectivity index (χ4v) is 3.43. The molecule has 1 aromatic rings. The number of aryl methyl sites for hydroxylation is 1. The maximum absolute atomic E-state index is 12.6. The number of likely N-dealkylation sites (tertiary alicyclic amines) is 1. The smallest absolute Gasteiger partial charge is 0.318 e. The number of rotatable bonds is 2. The molecule has 2 aliphatic rings. The van der Waals surface area contributed by atoms with Crippen LogP contribution in [-0.4, -0.2) is 56.9 Å². The first-order chi connectivity index (χ1) is 9.90. The lowest BCUT2D eigenvalue weighted by atomic mass is 9.80. The van der Waals surface area contributed by atoms with E-state index in [1.807, 2.05) is 11.8 Å². The molecule has 2 fully saturated rings. The number of nitrogens with one attached hydrogen (secondary N) is 1. The molecular formula is C13H22N6O2. The molecule has 2 saturated heterocycles. The lowest BCUT2D eigenvalue weighted by Gasteiger charge is -2.25. The van der Waals surface area contributed by atoms with Gasteiger partial charge in [-0.2, -0.15) is 0 Å². The summed E-state index contributed by atoms with van der Waals surface area (Å²) in [6.45, 7) is 8.39. The molecule has 1 aromatic heterocycles. The van der Waals surface area contributed by atoms with Gasteiger partial charge in [0.25, 0.3) is 0 Å². The third kappa shape index (κ3) is 2.37. The highest BCUT2D eigenvalue weighted by Gasteiger charge is 2.51. The predicted molar refractivity (Wildman–Crippen MR) is 74.3 cm³/mol. The fraction of sp³-hybridized carbons (Fsp3) is 0.846. The minimum Gasteiger partial charge on any atom is -0.379 e. The third-order valence-corrected chi connectivity index (χ3v) is 4.67. The van der Waals surface area contributed by atoms with E-state index in [1.54, 1.807) is 11.7 Å². The van der Waals surface area contributed by atoms with Crippen LogP contribution in [0.15, 0.2) is 0 Å². The Hall–Kier alpha value is -1.70. The zero-order chi connectivity index (χ0) is 15.2. The molecule has 2 aliphatic heterocycles. The van der Waals surface area contributed by atoms with E-state index in [0.717, 1.165) is 13.2 Å². The van der Waals surface area contributed by atoms with Crippen molar-refractivity contribution in [3.05, 3.63) is 5.82 Å². The Morgan fingerprint density at radius 2 is 2.24 bits per heavy atom. The Morgan fingerprint density at radius 1 is 1.48 bits per heavy atom. The van der Waals surface area contributed by atoms with Crippen LogP contribution in [-0.2, 0) is 11.8 Å². The molecule has 2 amide bonds. The highest BCUT2D eigenvalue weighted by atomic mass is 16.5. The summed E-state index contributed by atoms with van der Waals surface area (Å²) in [5.74, 6) is 1.05. The maximum atomic E-state index is 12.6. The van der Waals surface area contributed by atoms with Crippen LogP contribution >= 0.6 is 0 Å². The summed E-state index contributed by atoms with van der Waals surface area (Å²) in [7, 11) is 1.76. The van der Waals surface area contributed by atoms with E-state index in [4.69, 9.17) is 4.74 Å². The third-order valence-electron chi connectivity index (χ3n) is 4.67. The van der Waals surface area contributed by atoms with Gasteiger partial charge in [0, 0.05) is 19.5 Å².